The van der Waals surface area contributed by atoms with Crippen molar-refractivity contribution in [2.45, 2.75) is 17.8 Å². The fourth-order valence-corrected chi connectivity index (χ4v) is 3.00. The Hall–Kier alpha value is -1.47. The molecule has 100 valence electrons. The number of hydrogen-bond donors (Lipinski definition) is 1. The fraction of sp³-hybridized carbons (Fsp3) is 0.250. The van der Waals surface area contributed by atoms with E-state index in [1.807, 2.05) is 6.92 Å². The normalized spacial score (nSPS) is 10.4. The van der Waals surface area contributed by atoms with Crippen LogP contribution in [0.3, 0.4) is 0 Å². The summed E-state index contributed by atoms with van der Waals surface area (Å²) in [5.74, 6) is -0.209. The Balaban J connectivity index is 1.77. The lowest BCUT2D eigenvalue weighted by Gasteiger charge is -2.05. The number of halogens is 1. The molecule has 0 aliphatic carbocycles. The maximum Gasteiger partial charge on any atom is 0.230 e. The summed E-state index contributed by atoms with van der Waals surface area (Å²) < 4.78 is 14.1. The van der Waals surface area contributed by atoms with Crippen molar-refractivity contribution in [3.8, 4) is 0 Å². The van der Waals surface area contributed by atoms with Crippen LogP contribution in [0.25, 0.3) is 0 Å². The molecule has 0 radical (unpaired) electrons. The van der Waals surface area contributed by atoms with E-state index < -0.39 is 0 Å². The Kier molecular flexibility index (Phi) is 4.86. The van der Waals surface area contributed by atoms with Crippen LogP contribution in [0.2, 0.25) is 0 Å². The minimum absolute atomic E-state index is 0.152. The quantitative estimate of drug-likeness (QED) is 0.861. The molecular formula is C12H12FN3OS2. The van der Waals surface area contributed by atoms with Crippen LogP contribution in [0, 0.1) is 12.7 Å². The molecule has 1 amide bonds. The van der Waals surface area contributed by atoms with Crippen molar-refractivity contribution in [2.75, 3.05) is 5.75 Å². The van der Waals surface area contributed by atoms with Gasteiger partial charge in [-0.05, 0) is 13.0 Å². The topological polar surface area (TPSA) is 54.9 Å². The number of nitrogens with one attached hydrogen (secondary N) is 1. The fourth-order valence-electron chi connectivity index (χ4n) is 1.35. The lowest BCUT2D eigenvalue weighted by molar-refractivity contribution is -0.118. The van der Waals surface area contributed by atoms with Crippen molar-refractivity contribution in [1.82, 2.24) is 15.5 Å². The summed E-state index contributed by atoms with van der Waals surface area (Å²) in [5, 5.41) is 11.3. The van der Waals surface area contributed by atoms with Crippen molar-refractivity contribution >= 4 is 29.0 Å². The zero-order valence-corrected chi connectivity index (χ0v) is 11.9. The van der Waals surface area contributed by atoms with Crippen molar-refractivity contribution in [1.29, 1.82) is 0 Å². The summed E-state index contributed by atoms with van der Waals surface area (Å²) in [6.07, 6.45) is 0. The van der Waals surface area contributed by atoms with Crippen LogP contribution in [0.4, 0.5) is 4.39 Å². The Morgan fingerprint density at radius 2 is 2.21 bits per heavy atom. The first-order chi connectivity index (χ1) is 9.15. The molecule has 1 aromatic carbocycles. The molecule has 0 aliphatic heterocycles. The van der Waals surface area contributed by atoms with Gasteiger partial charge in [-0.3, -0.25) is 4.79 Å². The van der Waals surface area contributed by atoms with Crippen LogP contribution in [0.5, 0.6) is 0 Å². The van der Waals surface area contributed by atoms with Crippen LogP contribution in [-0.4, -0.2) is 21.9 Å². The Labute approximate surface area is 118 Å². The SMILES string of the molecule is Cc1nnc(SCC(=O)NCc2ccccc2F)s1. The average Bonchev–Trinajstić information content (AvgIpc) is 2.81. The summed E-state index contributed by atoms with van der Waals surface area (Å²) in [6, 6.07) is 6.38. The molecule has 0 saturated heterocycles. The Morgan fingerprint density at radius 1 is 1.42 bits per heavy atom. The van der Waals surface area contributed by atoms with E-state index in [9.17, 15) is 9.18 Å². The lowest BCUT2D eigenvalue weighted by atomic mass is 10.2. The van der Waals surface area contributed by atoms with Gasteiger partial charge >= 0.3 is 0 Å². The molecule has 0 bridgehead atoms. The van der Waals surface area contributed by atoms with Gasteiger partial charge in [0.15, 0.2) is 4.34 Å². The smallest absolute Gasteiger partial charge is 0.230 e. The molecule has 19 heavy (non-hydrogen) atoms. The van der Waals surface area contributed by atoms with Crippen molar-refractivity contribution in [3.63, 3.8) is 0 Å². The van der Waals surface area contributed by atoms with Gasteiger partial charge in [0.2, 0.25) is 5.91 Å². The minimum atomic E-state index is -0.310. The molecule has 7 heteroatoms. The number of rotatable bonds is 5. The molecule has 2 rings (SSSR count). The van der Waals surface area contributed by atoms with Gasteiger partial charge in [0, 0.05) is 12.1 Å². The van der Waals surface area contributed by atoms with Crippen molar-refractivity contribution in [2.24, 2.45) is 0 Å². The summed E-state index contributed by atoms with van der Waals surface area (Å²) in [5.41, 5.74) is 0.479. The van der Waals surface area contributed by atoms with E-state index >= 15 is 0 Å². The highest BCUT2D eigenvalue weighted by atomic mass is 32.2. The highest BCUT2D eigenvalue weighted by Crippen LogP contribution is 2.21. The second-order valence-electron chi connectivity index (χ2n) is 3.74. The van der Waals surface area contributed by atoms with Crippen molar-refractivity contribution < 1.29 is 9.18 Å². The first-order valence-electron chi connectivity index (χ1n) is 5.58. The number of carbonyl (C=O) groups is 1. The number of carbonyl (C=O) groups excluding carboxylic acids is 1. The largest absolute Gasteiger partial charge is 0.351 e. The maximum atomic E-state index is 13.3. The highest BCUT2D eigenvalue weighted by Gasteiger charge is 2.07. The zero-order chi connectivity index (χ0) is 13.7. The molecule has 0 spiro atoms. The first kappa shape index (κ1) is 14.0. The molecule has 1 N–H and O–H groups in total. The van der Waals surface area contributed by atoms with Gasteiger partial charge in [-0.2, -0.15) is 0 Å². The van der Waals surface area contributed by atoms with E-state index in [1.54, 1.807) is 18.2 Å². The monoisotopic (exact) mass is 297 g/mol. The number of hydrogen-bond acceptors (Lipinski definition) is 5. The van der Waals surface area contributed by atoms with E-state index in [0.717, 1.165) is 9.35 Å². The summed E-state index contributed by atoms with van der Waals surface area (Å²) in [4.78, 5) is 11.6. The molecule has 1 heterocycles. The zero-order valence-electron chi connectivity index (χ0n) is 10.2. The van der Waals surface area contributed by atoms with Crippen LogP contribution in [0.15, 0.2) is 28.6 Å². The van der Waals surface area contributed by atoms with Gasteiger partial charge in [-0.25, -0.2) is 4.39 Å². The number of benzene rings is 1. The second kappa shape index (κ2) is 6.63. The molecule has 0 aliphatic rings. The number of thioether (sulfide) groups is 1. The molecule has 0 saturated carbocycles. The second-order valence-corrected chi connectivity index (χ2v) is 6.15. The Bertz CT molecular complexity index is 574. The Morgan fingerprint density at radius 3 is 2.89 bits per heavy atom. The van der Waals surface area contributed by atoms with Crippen LogP contribution in [-0.2, 0) is 11.3 Å². The van der Waals surface area contributed by atoms with Gasteiger partial charge in [0.25, 0.3) is 0 Å². The van der Waals surface area contributed by atoms with Gasteiger partial charge < -0.3 is 5.32 Å². The molecule has 0 atom stereocenters. The van der Waals surface area contributed by atoms with Crippen LogP contribution < -0.4 is 5.32 Å². The summed E-state index contributed by atoms with van der Waals surface area (Å²) in [7, 11) is 0. The van der Waals surface area contributed by atoms with E-state index in [1.165, 1.54) is 29.2 Å². The van der Waals surface area contributed by atoms with Crippen LogP contribution in [0.1, 0.15) is 10.6 Å². The number of aromatic nitrogens is 2. The molecule has 2 aromatic rings. The predicted molar refractivity (Wildman–Crippen MR) is 73.6 cm³/mol. The number of aryl methyl sites for hydroxylation is 1. The van der Waals surface area contributed by atoms with Gasteiger partial charge in [0.05, 0.1) is 5.75 Å². The molecule has 0 fully saturated rings. The first-order valence-corrected chi connectivity index (χ1v) is 7.38. The van der Waals surface area contributed by atoms with Crippen molar-refractivity contribution in [3.05, 3.63) is 40.7 Å². The van der Waals surface area contributed by atoms with Gasteiger partial charge in [-0.15, -0.1) is 10.2 Å². The molecule has 1 aromatic heterocycles. The standard InChI is InChI=1S/C12H12FN3OS2/c1-8-15-16-12(19-8)18-7-11(17)14-6-9-4-2-3-5-10(9)13/h2-5H,6-7H2,1H3,(H,14,17). The summed E-state index contributed by atoms with van der Waals surface area (Å²) >= 11 is 2.78. The van der Waals surface area contributed by atoms with E-state index in [4.69, 9.17) is 0 Å². The molecule has 0 unspecified atom stereocenters. The highest BCUT2D eigenvalue weighted by molar-refractivity contribution is 8.01. The average molecular weight is 297 g/mol. The van der Waals surface area contributed by atoms with E-state index in [0.29, 0.717) is 5.56 Å². The maximum absolute atomic E-state index is 13.3. The number of amides is 1. The van der Waals surface area contributed by atoms with E-state index in [-0.39, 0.29) is 24.0 Å². The third-order valence-corrected chi connectivity index (χ3v) is 4.24. The van der Waals surface area contributed by atoms with Gasteiger partial charge in [0.1, 0.15) is 10.8 Å². The summed E-state index contributed by atoms with van der Waals surface area (Å²) in [6.45, 7) is 2.06. The third kappa shape index (κ3) is 4.29. The van der Waals surface area contributed by atoms with Crippen LogP contribution >= 0.6 is 23.1 Å². The minimum Gasteiger partial charge on any atom is -0.351 e. The third-order valence-electron chi connectivity index (χ3n) is 2.27. The lowest BCUT2D eigenvalue weighted by Crippen LogP contribution is -2.24. The number of nitrogens with zero attached hydrogens (tertiary/aromatic N) is 2. The molecule has 4 nitrogen and oxygen atoms in total. The molecular weight excluding hydrogens is 285 g/mol. The van der Waals surface area contributed by atoms with E-state index in [2.05, 4.69) is 15.5 Å². The van der Waals surface area contributed by atoms with Gasteiger partial charge in [-0.1, -0.05) is 41.3 Å². The predicted octanol–water partition coefficient (Wildman–Crippen LogP) is 2.39.